The molecule has 0 bridgehead atoms. The molecule has 2 N–H and O–H groups in total. The fourth-order valence-corrected chi connectivity index (χ4v) is 3.68. The van der Waals surface area contributed by atoms with E-state index in [1.54, 1.807) is 18.2 Å². The summed E-state index contributed by atoms with van der Waals surface area (Å²) < 4.78 is 31.4. The minimum absolute atomic E-state index is 0.258. The van der Waals surface area contributed by atoms with Crippen molar-refractivity contribution >= 4 is 21.6 Å². The molecule has 7 heteroatoms. The summed E-state index contributed by atoms with van der Waals surface area (Å²) in [6.07, 6.45) is 1.06. The van der Waals surface area contributed by atoms with E-state index in [-0.39, 0.29) is 17.2 Å². The van der Waals surface area contributed by atoms with E-state index in [1.165, 1.54) is 0 Å². The molecule has 0 aliphatic carbocycles. The summed E-state index contributed by atoms with van der Waals surface area (Å²) in [5, 5.41) is 2.86. The van der Waals surface area contributed by atoms with E-state index < -0.39 is 10.0 Å². The molecule has 31 heavy (non-hydrogen) atoms. The molecule has 0 saturated heterocycles. The Hall–Kier alpha value is -3.16. The number of hydrogen-bond donors (Lipinski definition) is 2. The van der Waals surface area contributed by atoms with E-state index >= 15 is 0 Å². The summed E-state index contributed by atoms with van der Waals surface area (Å²) in [5.41, 5.74) is 4.46. The minimum atomic E-state index is -3.49. The van der Waals surface area contributed by atoms with Crippen LogP contribution in [0.15, 0.2) is 72.8 Å². The second-order valence-electron chi connectivity index (χ2n) is 7.40. The first kappa shape index (κ1) is 22.5. The summed E-state index contributed by atoms with van der Waals surface area (Å²) >= 11 is 0. The van der Waals surface area contributed by atoms with E-state index in [9.17, 15) is 13.2 Å². The van der Waals surface area contributed by atoms with Crippen LogP contribution in [0.2, 0.25) is 0 Å². The van der Waals surface area contributed by atoms with Gasteiger partial charge in [-0.25, -0.2) is 8.42 Å². The average Bonchev–Trinajstić information content (AvgIpc) is 2.73. The molecular weight excluding hydrogens is 412 g/mol. The van der Waals surface area contributed by atoms with Crippen LogP contribution >= 0.6 is 0 Å². The number of carbonyl (C=O) groups excluding carboxylic acids is 1. The van der Waals surface area contributed by atoms with Crippen LogP contribution in [0.1, 0.15) is 32.6 Å². The molecular formula is C24H26N2O4S. The molecule has 0 spiro atoms. The van der Waals surface area contributed by atoms with Crippen LogP contribution in [0.3, 0.4) is 0 Å². The fourth-order valence-electron chi connectivity index (χ4n) is 3.10. The number of nitrogens with one attached hydrogen (secondary N) is 2. The molecule has 3 rings (SSSR count). The highest BCUT2D eigenvalue weighted by Gasteiger charge is 2.14. The van der Waals surface area contributed by atoms with Gasteiger partial charge in [-0.3, -0.25) is 9.52 Å². The van der Waals surface area contributed by atoms with Gasteiger partial charge in [-0.05, 0) is 35.7 Å². The molecule has 3 aromatic rings. The second kappa shape index (κ2) is 10.2. The number of aryl methyl sites for hydroxylation is 1. The summed E-state index contributed by atoms with van der Waals surface area (Å²) in [4.78, 5) is 12.7. The van der Waals surface area contributed by atoms with Crippen molar-refractivity contribution in [3.05, 3.63) is 101 Å². The molecule has 0 atom stereocenters. The predicted molar refractivity (Wildman–Crippen MR) is 122 cm³/mol. The third-order valence-corrected chi connectivity index (χ3v) is 5.13. The summed E-state index contributed by atoms with van der Waals surface area (Å²) in [5.74, 6) is -0.347. The zero-order chi connectivity index (χ0) is 22.3. The zero-order valence-electron chi connectivity index (χ0n) is 17.6. The van der Waals surface area contributed by atoms with Crippen LogP contribution < -0.4 is 10.0 Å². The van der Waals surface area contributed by atoms with E-state index in [1.807, 2.05) is 61.5 Å². The van der Waals surface area contributed by atoms with Crippen LogP contribution in [-0.2, 0) is 34.5 Å². The van der Waals surface area contributed by atoms with Gasteiger partial charge in [-0.15, -0.1) is 0 Å². The van der Waals surface area contributed by atoms with E-state index in [0.717, 1.165) is 28.5 Å². The summed E-state index contributed by atoms with van der Waals surface area (Å²) in [6.45, 7) is 3.17. The van der Waals surface area contributed by atoms with Gasteiger partial charge >= 0.3 is 0 Å². The molecule has 0 radical (unpaired) electrons. The number of benzene rings is 3. The molecule has 0 saturated carbocycles. The van der Waals surface area contributed by atoms with Crippen molar-refractivity contribution in [1.29, 1.82) is 0 Å². The second-order valence-corrected chi connectivity index (χ2v) is 9.15. The Morgan fingerprint density at radius 1 is 0.871 bits per heavy atom. The zero-order valence-corrected chi connectivity index (χ0v) is 18.4. The highest BCUT2D eigenvalue weighted by atomic mass is 32.2. The highest BCUT2D eigenvalue weighted by molar-refractivity contribution is 7.92. The normalized spacial score (nSPS) is 11.2. The number of ether oxygens (including phenoxy) is 1. The van der Waals surface area contributed by atoms with Gasteiger partial charge in [0.15, 0.2) is 0 Å². The van der Waals surface area contributed by atoms with E-state index in [0.29, 0.717) is 19.8 Å². The monoisotopic (exact) mass is 438 g/mol. The number of rotatable bonds is 9. The van der Waals surface area contributed by atoms with Gasteiger partial charge in [-0.2, -0.15) is 0 Å². The maximum absolute atomic E-state index is 12.7. The number of carbonyl (C=O) groups is 1. The highest BCUT2D eigenvalue weighted by Crippen LogP contribution is 2.19. The van der Waals surface area contributed by atoms with Crippen molar-refractivity contribution in [2.75, 3.05) is 11.0 Å². The largest absolute Gasteiger partial charge is 0.372 e. The van der Waals surface area contributed by atoms with Gasteiger partial charge in [-0.1, -0.05) is 66.2 Å². The average molecular weight is 439 g/mol. The maximum Gasteiger partial charge on any atom is 0.253 e. The molecule has 0 aliphatic rings. The van der Waals surface area contributed by atoms with Crippen LogP contribution in [0.4, 0.5) is 5.69 Å². The smallest absolute Gasteiger partial charge is 0.253 e. The molecule has 0 aromatic heterocycles. The lowest BCUT2D eigenvalue weighted by Crippen LogP contribution is -2.25. The van der Waals surface area contributed by atoms with Crippen molar-refractivity contribution < 1.29 is 17.9 Å². The van der Waals surface area contributed by atoms with Crippen molar-refractivity contribution in [3.63, 3.8) is 0 Å². The van der Waals surface area contributed by atoms with Crippen LogP contribution in [0.25, 0.3) is 0 Å². The molecule has 0 unspecified atom stereocenters. The third-order valence-electron chi connectivity index (χ3n) is 4.54. The topological polar surface area (TPSA) is 84.5 Å². The maximum atomic E-state index is 12.7. The first-order valence-corrected chi connectivity index (χ1v) is 11.8. The van der Waals surface area contributed by atoms with Crippen LogP contribution in [0, 0.1) is 6.92 Å². The Bertz CT molecular complexity index is 1150. The van der Waals surface area contributed by atoms with Crippen LogP contribution in [-0.4, -0.2) is 20.6 Å². The first-order valence-electron chi connectivity index (χ1n) is 9.86. The molecule has 162 valence electrons. The van der Waals surface area contributed by atoms with Gasteiger partial charge < -0.3 is 10.1 Å². The lowest BCUT2D eigenvalue weighted by atomic mass is 10.1. The Balaban J connectivity index is 1.60. The van der Waals surface area contributed by atoms with Gasteiger partial charge in [0.1, 0.15) is 0 Å². The number of hydrogen-bond acceptors (Lipinski definition) is 4. The molecule has 1 amide bonds. The minimum Gasteiger partial charge on any atom is -0.372 e. The lowest BCUT2D eigenvalue weighted by Gasteiger charge is -2.13. The molecule has 0 heterocycles. The molecule has 0 fully saturated rings. The van der Waals surface area contributed by atoms with Gasteiger partial charge in [0.05, 0.1) is 30.7 Å². The molecule has 3 aromatic carbocycles. The van der Waals surface area contributed by atoms with Crippen molar-refractivity contribution in [1.82, 2.24) is 5.32 Å². The molecule has 6 nitrogen and oxygen atoms in total. The Labute approximate surface area is 183 Å². The fraction of sp³-hybridized carbons (Fsp3) is 0.208. The molecule has 0 aliphatic heterocycles. The Kier molecular flexibility index (Phi) is 7.44. The predicted octanol–water partition coefficient (Wildman–Crippen LogP) is 4.01. The quantitative estimate of drug-likeness (QED) is 0.529. The van der Waals surface area contributed by atoms with Crippen LogP contribution in [0.5, 0.6) is 0 Å². The van der Waals surface area contributed by atoms with Gasteiger partial charge in [0.25, 0.3) is 5.91 Å². The Morgan fingerprint density at radius 2 is 1.55 bits per heavy atom. The Morgan fingerprint density at radius 3 is 2.29 bits per heavy atom. The first-order chi connectivity index (χ1) is 14.8. The van der Waals surface area contributed by atoms with Gasteiger partial charge in [0, 0.05) is 6.54 Å². The van der Waals surface area contributed by atoms with E-state index in [2.05, 4.69) is 10.0 Å². The standard InChI is InChI=1S/C24H26N2O4S/c1-18-11-12-23(26-31(2,28)29)22(13-18)24(27)25-15-20-9-6-10-21(14-20)17-30-16-19-7-4-3-5-8-19/h3-14,26H,15-17H2,1-2H3,(H,25,27). The lowest BCUT2D eigenvalue weighted by molar-refractivity contribution is 0.0951. The number of anilines is 1. The SMILES string of the molecule is Cc1ccc(NS(C)(=O)=O)c(C(=O)NCc2cccc(COCc3ccccc3)c2)c1. The third kappa shape index (κ3) is 7.24. The number of amides is 1. The van der Waals surface area contributed by atoms with Crippen molar-refractivity contribution in [3.8, 4) is 0 Å². The van der Waals surface area contributed by atoms with Gasteiger partial charge in [0.2, 0.25) is 10.0 Å². The number of sulfonamides is 1. The summed E-state index contributed by atoms with van der Waals surface area (Å²) in [6, 6.07) is 22.8. The van der Waals surface area contributed by atoms with Crippen molar-refractivity contribution in [2.45, 2.75) is 26.7 Å². The summed E-state index contributed by atoms with van der Waals surface area (Å²) in [7, 11) is -3.49. The van der Waals surface area contributed by atoms with Crippen molar-refractivity contribution in [2.24, 2.45) is 0 Å². The van der Waals surface area contributed by atoms with E-state index in [4.69, 9.17) is 4.74 Å².